The predicted octanol–water partition coefficient (Wildman–Crippen LogP) is 3.75. The van der Waals surface area contributed by atoms with E-state index in [1.54, 1.807) is 23.1 Å². The number of halogens is 2. The van der Waals surface area contributed by atoms with Gasteiger partial charge < -0.3 is 25.0 Å². The van der Waals surface area contributed by atoms with Gasteiger partial charge in [-0.1, -0.05) is 62.0 Å². The van der Waals surface area contributed by atoms with Crippen LogP contribution in [-0.2, 0) is 23.9 Å². The lowest BCUT2D eigenvalue weighted by atomic mass is 9.73. The molecule has 1 aromatic rings. The summed E-state index contributed by atoms with van der Waals surface area (Å²) >= 11 is 12.3. The number of nitrogens with one attached hydrogen (secondary N) is 2. The lowest BCUT2D eigenvalue weighted by molar-refractivity contribution is -0.141. The van der Waals surface area contributed by atoms with Crippen LogP contribution in [0.1, 0.15) is 39.5 Å². The molecule has 1 aliphatic carbocycles. The molecule has 0 radical (unpaired) electrons. The van der Waals surface area contributed by atoms with Crippen molar-refractivity contribution in [1.82, 2.24) is 15.1 Å². The van der Waals surface area contributed by atoms with Gasteiger partial charge in [0.1, 0.15) is 11.6 Å². The van der Waals surface area contributed by atoms with Gasteiger partial charge in [-0.15, -0.1) is 0 Å². The summed E-state index contributed by atoms with van der Waals surface area (Å²) in [7, 11) is 0. The van der Waals surface area contributed by atoms with Crippen molar-refractivity contribution in [1.29, 1.82) is 0 Å². The van der Waals surface area contributed by atoms with Crippen LogP contribution in [-0.4, -0.2) is 90.7 Å². The van der Waals surface area contributed by atoms with E-state index in [-0.39, 0.29) is 23.8 Å². The number of carbonyl (C=O) groups is 3. The molecule has 228 valence electrons. The van der Waals surface area contributed by atoms with Crippen LogP contribution in [0.4, 0.5) is 5.69 Å². The maximum Gasteiger partial charge on any atom is 0.246 e. The molecular weight excluding hydrogens is 579 g/mol. The minimum Gasteiger partial charge on any atom is -0.379 e. The second-order valence-electron chi connectivity index (χ2n) is 12.6. The summed E-state index contributed by atoms with van der Waals surface area (Å²) in [5, 5.41) is 6.99. The first-order chi connectivity index (χ1) is 20.2. The first-order valence-electron chi connectivity index (χ1n) is 15.2. The maximum absolute atomic E-state index is 14.2. The van der Waals surface area contributed by atoms with E-state index >= 15 is 0 Å². The van der Waals surface area contributed by atoms with Gasteiger partial charge in [-0.05, 0) is 42.9 Å². The molecule has 3 amide bonds. The zero-order valence-corrected chi connectivity index (χ0v) is 25.7. The molecule has 4 heterocycles. The molecule has 1 aromatic carbocycles. The highest BCUT2D eigenvalue weighted by atomic mass is 35.5. The molecule has 2 bridgehead atoms. The number of rotatable bonds is 8. The largest absolute Gasteiger partial charge is 0.379 e. The van der Waals surface area contributed by atoms with Gasteiger partial charge in [-0.2, -0.15) is 0 Å². The third kappa shape index (κ3) is 5.47. The molecule has 5 aliphatic rings. The lowest BCUT2D eigenvalue weighted by Gasteiger charge is -2.38. The number of carbonyl (C=O) groups excluding carboxylic acids is 3. The Morgan fingerprint density at radius 2 is 1.79 bits per heavy atom. The van der Waals surface area contributed by atoms with Crippen LogP contribution in [0, 0.1) is 23.7 Å². The predicted molar refractivity (Wildman–Crippen MR) is 160 cm³/mol. The van der Waals surface area contributed by atoms with E-state index in [0.29, 0.717) is 53.7 Å². The average Bonchev–Trinajstić information content (AvgIpc) is 3.59. The Labute approximate surface area is 257 Å². The van der Waals surface area contributed by atoms with E-state index < -0.39 is 29.6 Å². The summed E-state index contributed by atoms with van der Waals surface area (Å²) in [6, 6.07) is 4.01. The summed E-state index contributed by atoms with van der Waals surface area (Å²) in [4.78, 5) is 46.1. The highest BCUT2D eigenvalue weighted by Crippen LogP contribution is 2.55. The van der Waals surface area contributed by atoms with Crippen LogP contribution in [0.25, 0.3) is 0 Å². The zero-order valence-electron chi connectivity index (χ0n) is 24.2. The van der Waals surface area contributed by atoms with Crippen molar-refractivity contribution in [3.63, 3.8) is 0 Å². The van der Waals surface area contributed by atoms with Gasteiger partial charge in [0, 0.05) is 48.0 Å². The standard InChI is InChI=1S/C31H40Cl2N4O5/c1-18-5-3-6-23(19(18)2)35-29(39)27-31-8-7-24(42-31)25(28(38)34-22-16-20(32)15-21(33)17-22)26(31)30(40)37(27)10-4-9-36-11-13-41-14-12-36/h7-8,15-19,23-27H,3-6,9-14H2,1-2H3,(H,34,38)(H,35,39)/t18-,19-,23+,24+,25-,26+,27+,31+/m1/s1. The lowest BCUT2D eigenvalue weighted by Crippen LogP contribution is -2.58. The summed E-state index contributed by atoms with van der Waals surface area (Å²) in [5.74, 6) is -1.50. The van der Waals surface area contributed by atoms with E-state index in [4.69, 9.17) is 32.7 Å². The van der Waals surface area contributed by atoms with Crippen molar-refractivity contribution in [2.45, 2.75) is 63.3 Å². The number of fused-ring (bicyclic) bond motifs is 1. The number of ether oxygens (including phenoxy) is 2. The van der Waals surface area contributed by atoms with Crippen LogP contribution in [0.2, 0.25) is 10.0 Å². The van der Waals surface area contributed by atoms with E-state index in [2.05, 4.69) is 29.4 Å². The molecule has 3 saturated heterocycles. The Hall–Kier alpha value is -2.17. The Morgan fingerprint density at radius 1 is 1.05 bits per heavy atom. The minimum absolute atomic E-state index is 0.0382. The molecule has 2 N–H and O–H groups in total. The van der Waals surface area contributed by atoms with Gasteiger partial charge in [0.2, 0.25) is 17.7 Å². The number of likely N-dealkylation sites (tertiary alicyclic amines) is 1. The maximum atomic E-state index is 14.2. The van der Waals surface area contributed by atoms with E-state index in [0.717, 1.165) is 38.9 Å². The molecule has 4 aliphatic heterocycles. The molecule has 0 aromatic heterocycles. The van der Waals surface area contributed by atoms with Crippen molar-refractivity contribution in [2.24, 2.45) is 23.7 Å². The zero-order chi connectivity index (χ0) is 29.6. The molecular formula is C31H40Cl2N4O5. The second-order valence-corrected chi connectivity index (χ2v) is 13.4. The molecule has 0 unspecified atom stereocenters. The number of morpholine rings is 1. The first kappa shape index (κ1) is 29.9. The Balaban J connectivity index is 1.25. The first-order valence-corrected chi connectivity index (χ1v) is 16.0. The number of hydrogen-bond acceptors (Lipinski definition) is 6. The smallest absolute Gasteiger partial charge is 0.246 e. The fourth-order valence-corrected chi connectivity index (χ4v) is 8.22. The topological polar surface area (TPSA) is 100 Å². The number of anilines is 1. The van der Waals surface area contributed by atoms with Crippen molar-refractivity contribution in [2.75, 3.05) is 44.7 Å². The SMILES string of the molecule is C[C@@H]1[C@H](C)CCC[C@@H]1NC(=O)[C@@H]1N(CCCN2CCOCC2)C(=O)[C@@H]2[C@H](C(=O)Nc3cc(Cl)cc(Cl)c3)[C@@H]3C=C[C@]21O3. The number of amides is 3. The minimum atomic E-state index is -1.19. The number of benzene rings is 1. The molecule has 8 atom stereocenters. The Bertz CT molecular complexity index is 1240. The van der Waals surface area contributed by atoms with Crippen molar-refractivity contribution < 1.29 is 23.9 Å². The highest BCUT2D eigenvalue weighted by molar-refractivity contribution is 6.35. The number of hydrogen-bond donors (Lipinski definition) is 2. The van der Waals surface area contributed by atoms with E-state index in [1.807, 2.05) is 12.2 Å². The van der Waals surface area contributed by atoms with Gasteiger partial charge >= 0.3 is 0 Å². The summed E-state index contributed by atoms with van der Waals surface area (Å²) in [5.41, 5.74) is -0.747. The number of nitrogens with zero attached hydrogens (tertiary/aromatic N) is 2. The van der Waals surface area contributed by atoms with Gasteiger partial charge in [0.05, 0.1) is 31.2 Å². The fourth-order valence-electron chi connectivity index (χ4n) is 7.70. The quantitative estimate of drug-likeness (QED) is 0.431. The van der Waals surface area contributed by atoms with Crippen LogP contribution in [0.5, 0.6) is 0 Å². The summed E-state index contributed by atoms with van der Waals surface area (Å²) < 4.78 is 12.0. The average molecular weight is 620 g/mol. The normalized spacial score (nSPS) is 35.9. The van der Waals surface area contributed by atoms with E-state index in [1.165, 1.54) is 0 Å². The van der Waals surface area contributed by atoms with Crippen molar-refractivity contribution in [3.05, 3.63) is 40.4 Å². The van der Waals surface area contributed by atoms with Crippen LogP contribution in [0.3, 0.4) is 0 Å². The van der Waals surface area contributed by atoms with Crippen LogP contribution < -0.4 is 10.6 Å². The molecule has 42 heavy (non-hydrogen) atoms. The highest BCUT2D eigenvalue weighted by Gasteiger charge is 2.72. The van der Waals surface area contributed by atoms with Crippen LogP contribution in [0.15, 0.2) is 30.4 Å². The molecule has 6 rings (SSSR count). The van der Waals surface area contributed by atoms with Gasteiger partial charge in [-0.25, -0.2) is 0 Å². The summed E-state index contributed by atoms with van der Waals surface area (Å²) in [6.45, 7) is 8.73. The van der Waals surface area contributed by atoms with Crippen LogP contribution >= 0.6 is 23.2 Å². The van der Waals surface area contributed by atoms with E-state index in [9.17, 15) is 14.4 Å². The molecule has 1 spiro atoms. The Kier molecular flexibility index (Phi) is 8.59. The molecule has 11 heteroatoms. The Morgan fingerprint density at radius 3 is 2.52 bits per heavy atom. The van der Waals surface area contributed by atoms with Gasteiger partial charge in [0.25, 0.3) is 0 Å². The fraction of sp³-hybridized carbons (Fsp3) is 0.645. The molecule has 4 fully saturated rings. The molecule has 1 saturated carbocycles. The van der Waals surface area contributed by atoms with Crippen molar-refractivity contribution >= 4 is 46.6 Å². The third-order valence-corrected chi connectivity index (χ3v) is 10.5. The molecule has 9 nitrogen and oxygen atoms in total. The monoisotopic (exact) mass is 618 g/mol. The second kappa shape index (κ2) is 12.1. The summed E-state index contributed by atoms with van der Waals surface area (Å²) in [6.07, 6.45) is 6.93. The third-order valence-electron chi connectivity index (χ3n) is 10.1. The van der Waals surface area contributed by atoms with Gasteiger partial charge in [-0.3, -0.25) is 19.3 Å². The van der Waals surface area contributed by atoms with Gasteiger partial charge in [0.15, 0.2) is 0 Å². The van der Waals surface area contributed by atoms with Crippen molar-refractivity contribution in [3.8, 4) is 0 Å².